The van der Waals surface area contributed by atoms with Crippen molar-refractivity contribution in [2.75, 3.05) is 19.6 Å². The summed E-state index contributed by atoms with van der Waals surface area (Å²) in [4.78, 5) is 21.4. The van der Waals surface area contributed by atoms with Crippen molar-refractivity contribution >= 4 is 38.2 Å². The maximum Gasteiger partial charge on any atom is 0.245 e. The average Bonchev–Trinajstić information content (AvgIpc) is 3.37. The molecule has 0 fully saturated rings. The zero-order valence-corrected chi connectivity index (χ0v) is 22.1. The number of carbonyl (C=O) groups is 1. The molecule has 5 rings (SSSR count). The molecular weight excluding hydrogens is 490 g/mol. The Morgan fingerprint density at radius 3 is 2.67 bits per heavy atom. The molecule has 3 heterocycles. The van der Waals surface area contributed by atoms with Gasteiger partial charge in [0.05, 0.1) is 18.1 Å². The Labute approximate surface area is 216 Å². The van der Waals surface area contributed by atoms with E-state index in [2.05, 4.69) is 40.7 Å². The highest BCUT2D eigenvalue weighted by atomic mass is 32.2. The predicted octanol–water partition coefficient (Wildman–Crippen LogP) is 5.18. The zero-order valence-electron chi connectivity index (χ0n) is 20.4. The molecule has 0 N–H and O–H groups in total. The van der Waals surface area contributed by atoms with E-state index in [0.29, 0.717) is 18.5 Å². The minimum absolute atomic E-state index is 0.135. The molecule has 0 saturated carbocycles. The van der Waals surface area contributed by atoms with Gasteiger partial charge in [0.2, 0.25) is 15.9 Å². The van der Waals surface area contributed by atoms with Gasteiger partial charge in [-0.1, -0.05) is 55.0 Å². The summed E-state index contributed by atoms with van der Waals surface area (Å²) in [5.74, 6) is -0.192. The predicted molar refractivity (Wildman–Crippen MR) is 144 cm³/mol. The number of amides is 1. The highest BCUT2D eigenvalue weighted by Gasteiger charge is 2.36. The van der Waals surface area contributed by atoms with Crippen LogP contribution in [0.3, 0.4) is 0 Å². The Bertz CT molecular complexity index is 1490. The first-order chi connectivity index (χ1) is 17.4. The van der Waals surface area contributed by atoms with E-state index in [-0.39, 0.29) is 29.9 Å². The third kappa shape index (κ3) is 4.56. The molecular formula is C28H29N3O3S2. The monoisotopic (exact) mass is 519 g/mol. The lowest BCUT2D eigenvalue weighted by Gasteiger charge is -2.37. The lowest BCUT2D eigenvalue weighted by atomic mass is 9.92. The molecule has 1 aliphatic heterocycles. The Morgan fingerprint density at radius 1 is 1.11 bits per heavy atom. The van der Waals surface area contributed by atoms with Crippen LogP contribution in [0.25, 0.3) is 10.9 Å². The van der Waals surface area contributed by atoms with Crippen molar-refractivity contribution < 1.29 is 13.2 Å². The van der Waals surface area contributed by atoms with Gasteiger partial charge in [0.15, 0.2) is 0 Å². The minimum atomic E-state index is -3.94. The minimum Gasteiger partial charge on any atom is -0.330 e. The molecule has 1 atom stereocenters. The highest BCUT2D eigenvalue weighted by molar-refractivity contribution is 7.89. The Hall–Kier alpha value is -3.07. The lowest BCUT2D eigenvalue weighted by molar-refractivity contribution is -0.133. The van der Waals surface area contributed by atoms with E-state index in [1.54, 1.807) is 35.7 Å². The van der Waals surface area contributed by atoms with Crippen molar-refractivity contribution in [1.82, 2.24) is 14.2 Å². The van der Waals surface area contributed by atoms with Crippen LogP contribution in [-0.4, -0.2) is 48.1 Å². The number of pyridine rings is 1. The number of aromatic nitrogens is 1. The molecule has 6 nitrogen and oxygen atoms in total. The van der Waals surface area contributed by atoms with Crippen molar-refractivity contribution in [2.45, 2.75) is 37.6 Å². The third-order valence-corrected chi connectivity index (χ3v) is 9.55. The summed E-state index contributed by atoms with van der Waals surface area (Å²) < 4.78 is 28.9. The van der Waals surface area contributed by atoms with Gasteiger partial charge in [-0.2, -0.15) is 4.31 Å². The molecule has 1 amide bonds. The smallest absolute Gasteiger partial charge is 0.245 e. The summed E-state index contributed by atoms with van der Waals surface area (Å²) in [6, 6.07) is 18.9. The molecule has 0 radical (unpaired) electrons. The summed E-state index contributed by atoms with van der Waals surface area (Å²) in [5.41, 5.74) is 3.75. The van der Waals surface area contributed by atoms with Crippen LogP contribution in [0.1, 0.15) is 41.0 Å². The van der Waals surface area contributed by atoms with Crippen LogP contribution >= 0.6 is 11.3 Å². The standard InChI is InChI=1S/C28H29N3O3S2/c1-3-16-30(36(33,34)25-8-4-6-21-7-5-15-29-27(21)25)19-26(32)31-17-13-24-23(14-18-35-24)28(31)22-11-9-20(2)10-12-22/h4-12,14-15,18,28H,3,13,16-17,19H2,1-2H3. The molecule has 36 heavy (non-hydrogen) atoms. The van der Waals surface area contributed by atoms with Crippen molar-refractivity contribution in [3.05, 3.63) is 93.8 Å². The number of benzene rings is 2. The van der Waals surface area contributed by atoms with Gasteiger partial charge < -0.3 is 4.90 Å². The topological polar surface area (TPSA) is 70.6 Å². The van der Waals surface area contributed by atoms with E-state index in [0.717, 1.165) is 28.5 Å². The number of carbonyl (C=O) groups excluding carboxylic acids is 1. The summed E-state index contributed by atoms with van der Waals surface area (Å²) >= 11 is 1.71. The van der Waals surface area contributed by atoms with E-state index in [9.17, 15) is 13.2 Å². The number of para-hydroxylation sites is 1. The summed E-state index contributed by atoms with van der Waals surface area (Å²) in [5, 5.41) is 2.82. The van der Waals surface area contributed by atoms with Crippen molar-refractivity contribution in [1.29, 1.82) is 0 Å². The fraction of sp³-hybridized carbons (Fsp3) is 0.286. The van der Waals surface area contributed by atoms with E-state index >= 15 is 0 Å². The normalized spacial score (nSPS) is 15.9. The maximum absolute atomic E-state index is 13.8. The quantitative estimate of drug-likeness (QED) is 0.337. The van der Waals surface area contributed by atoms with E-state index in [4.69, 9.17) is 0 Å². The van der Waals surface area contributed by atoms with Gasteiger partial charge in [-0.05, 0) is 54.5 Å². The molecule has 1 aliphatic rings. The SMILES string of the molecule is CCCN(CC(=O)N1CCc2sccc2C1c1ccc(C)cc1)S(=O)(=O)c1cccc2cccnc12. The van der Waals surface area contributed by atoms with Gasteiger partial charge in [0, 0.05) is 29.5 Å². The summed E-state index contributed by atoms with van der Waals surface area (Å²) in [7, 11) is -3.94. The van der Waals surface area contributed by atoms with Crippen LogP contribution in [0.2, 0.25) is 0 Å². The molecule has 0 aliphatic carbocycles. The van der Waals surface area contributed by atoms with Crippen molar-refractivity contribution in [3.63, 3.8) is 0 Å². The van der Waals surface area contributed by atoms with Gasteiger partial charge in [-0.3, -0.25) is 9.78 Å². The number of rotatable bonds is 7. The van der Waals surface area contributed by atoms with Gasteiger partial charge in [-0.25, -0.2) is 8.42 Å². The number of thiophene rings is 1. The zero-order chi connectivity index (χ0) is 25.3. The first-order valence-corrected chi connectivity index (χ1v) is 14.5. The number of hydrogen-bond donors (Lipinski definition) is 0. The molecule has 186 valence electrons. The number of sulfonamides is 1. The summed E-state index contributed by atoms with van der Waals surface area (Å²) in [6.07, 6.45) is 2.96. The fourth-order valence-corrected chi connectivity index (χ4v) is 7.44. The fourth-order valence-electron chi connectivity index (χ4n) is 4.89. The van der Waals surface area contributed by atoms with Crippen molar-refractivity contribution in [2.24, 2.45) is 0 Å². The third-order valence-electron chi connectivity index (χ3n) is 6.68. The molecule has 0 spiro atoms. The van der Waals surface area contributed by atoms with Crippen LogP contribution in [0.4, 0.5) is 0 Å². The maximum atomic E-state index is 13.8. The highest BCUT2D eigenvalue weighted by Crippen LogP contribution is 2.38. The van der Waals surface area contributed by atoms with Gasteiger partial charge in [0.25, 0.3) is 0 Å². The van der Waals surface area contributed by atoms with Gasteiger partial charge in [-0.15, -0.1) is 11.3 Å². The van der Waals surface area contributed by atoms with Crippen LogP contribution in [0, 0.1) is 6.92 Å². The Balaban J connectivity index is 1.49. The first kappa shape index (κ1) is 24.6. The first-order valence-electron chi connectivity index (χ1n) is 12.2. The number of nitrogens with zero attached hydrogens (tertiary/aromatic N) is 3. The van der Waals surface area contributed by atoms with Crippen molar-refractivity contribution in [3.8, 4) is 0 Å². The Morgan fingerprint density at radius 2 is 1.89 bits per heavy atom. The van der Waals surface area contributed by atoms with Gasteiger partial charge in [0.1, 0.15) is 4.90 Å². The Kier molecular flexibility index (Phi) is 6.92. The van der Waals surface area contributed by atoms with E-state index < -0.39 is 10.0 Å². The van der Waals surface area contributed by atoms with Crippen LogP contribution in [-0.2, 0) is 21.2 Å². The largest absolute Gasteiger partial charge is 0.330 e. The van der Waals surface area contributed by atoms with Gasteiger partial charge >= 0.3 is 0 Å². The summed E-state index contributed by atoms with van der Waals surface area (Å²) in [6.45, 7) is 4.56. The lowest BCUT2D eigenvalue weighted by Crippen LogP contribution is -2.47. The molecule has 1 unspecified atom stereocenters. The average molecular weight is 520 g/mol. The molecule has 2 aromatic heterocycles. The number of fused-ring (bicyclic) bond motifs is 2. The second kappa shape index (κ2) is 10.1. The molecule has 0 saturated heterocycles. The molecule has 4 aromatic rings. The molecule has 2 aromatic carbocycles. The number of aryl methyl sites for hydroxylation is 1. The van der Waals surface area contributed by atoms with Crippen LogP contribution in [0.15, 0.2) is 77.1 Å². The van der Waals surface area contributed by atoms with Crippen LogP contribution < -0.4 is 0 Å². The molecule has 0 bridgehead atoms. The second-order valence-electron chi connectivity index (χ2n) is 9.12. The van der Waals surface area contributed by atoms with E-state index in [1.165, 1.54) is 9.18 Å². The number of hydrogen-bond acceptors (Lipinski definition) is 5. The van der Waals surface area contributed by atoms with Crippen LogP contribution in [0.5, 0.6) is 0 Å². The van der Waals surface area contributed by atoms with E-state index in [1.807, 2.05) is 30.9 Å². The second-order valence-corrected chi connectivity index (χ2v) is 12.0. The molecule has 8 heteroatoms.